The molecule has 0 heterocycles. The quantitative estimate of drug-likeness (QED) is 0.502. The summed E-state index contributed by atoms with van der Waals surface area (Å²) >= 11 is 0. The van der Waals surface area contributed by atoms with Crippen LogP contribution in [0.4, 0.5) is 5.69 Å². The molecule has 0 unspecified atom stereocenters. The third-order valence-corrected chi connectivity index (χ3v) is 2.21. The zero-order chi connectivity index (χ0) is 16.7. The maximum absolute atomic E-state index is 10.2. The van der Waals surface area contributed by atoms with Crippen LogP contribution in [0.1, 0.15) is 26.3 Å². The fourth-order valence-corrected chi connectivity index (χ4v) is 1.14. The monoisotopic (exact) mass is 290 g/mol. The molecule has 1 aromatic rings. The van der Waals surface area contributed by atoms with Crippen LogP contribution in [0.5, 0.6) is 0 Å². The van der Waals surface area contributed by atoms with Crippen molar-refractivity contribution in [2.45, 2.75) is 27.7 Å². The molecule has 0 spiro atoms. The molecule has 4 heteroatoms. The van der Waals surface area contributed by atoms with E-state index in [2.05, 4.69) is 6.58 Å². The van der Waals surface area contributed by atoms with Gasteiger partial charge in [-0.05, 0) is 19.4 Å². The summed E-state index contributed by atoms with van der Waals surface area (Å²) in [5.74, 6) is 0. The molecule has 0 amide bonds. The SMILES string of the molecule is C=C(/C=C\C=C/C)CN.CC.Cc1ccccc1[N+](=O)[O-]. The van der Waals surface area contributed by atoms with E-state index in [4.69, 9.17) is 5.73 Å². The van der Waals surface area contributed by atoms with Crippen molar-refractivity contribution in [3.05, 3.63) is 76.4 Å². The van der Waals surface area contributed by atoms with E-state index >= 15 is 0 Å². The summed E-state index contributed by atoms with van der Waals surface area (Å²) in [4.78, 5) is 9.85. The molecule has 0 radical (unpaired) electrons. The number of nitrogens with zero attached hydrogens (tertiary/aromatic N) is 1. The number of nitro benzene ring substituents is 1. The summed E-state index contributed by atoms with van der Waals surface area (Å²) in [6.45, 7) is 11.9. The molecule has 0 aromatic heterocycles. The first kappa shape index (κ1) is 21.1. The van der Waals surface area contributed by atoms with Gasteiger partial charge in [0.25, 0.3) is 5.69 Å². The predicted molar refractivity (Wildman–Crippen MR) is 91.3 cm³/mol. The Morgan fingerprint density at radius 2 is 1.90 bits per heavy atom. The predicted octanol–water partition coefficient (Wildman–Crippen LogP) is 4.56. The van der Waals surface area contributed by atoms with Crippen LogP contribution in [0.25, 0.3) is 0 Å². The maximum atomic E-state index is 10.2. The van der Waals surface area contributed by atoms with E-state index in [-0.39, 0.29) is 10.6 Å². The molecule has 0 saturated heterocycles. The molecule has 2 N–H and O–H groups in total. The Balaban J connectivity index is 0. The lowest BCUT2D eigenvalue weighted by atomic mass is 10.2. The molecular formula is C17H26N2O2. The summed E-state index contributed by atoms with van der Waals surface area (Å²) in [6, 6.07) is 6.65. The Labute approximate surface area is 127 Å². The van der Waals surface area contributed by atoms with Crippen molar-refractivity contribution in [1.82, 2.24) is 0 Å². The highest BCUT2D eigenvalue weighted by molar-refractivity contribution is 5.38. The summed E-state index contributed by atoms with van der Waals surface area (Å²) < 4.78 is 0. The van der Waals surface area contributed by atoms with Crippen molar-refractivity contribution >= 4 is 5.69 Å². The van der Waals surface area contributed by atoms with Gasteiger partial charge >= 0.3 is 0 Å². The maximum Gasteiger partial charge on any atom is 0.272 e. The summed E-state index contributed by atoms with van der Waals surface area (Å²) in [5.41, 5.74) is 7.12. The van der Waals surface area contributed by atoms with Crippen LogP contribution in [0.15, 0.2) is 60.7 Å². The molecule has 116 valence electrons. The molecule has 1 aromatic carbocycles. The smallest absolute Gasteiger partial charge is 0.272 e. The van der Waals surface area contributed by atoms with Crippen LogP contribution in [-0.2, 0) is 0 Å². The van der Waals surface area contributed by atoms with E-state index in [1.165, 1.54) is 6.07 Å². The molecule has 0 atom stereocenters. The fraction of sp³-hybridized carbons (Fsp3) is 0.294. The number of hydrogen-bond donors (Lipinski definition) is 1. The summed E-state index contributed by atoms with van der Waals surface area (Å²) in [7, 11) is 0. The zero-order valence-corrected chi connectivity index (χ0v) is 13.4. The normalized spacial score (nSPS) is 9.57. The number of rotatable bonds is 4. The number of nitro groups is 1. The molecule has 0 fully saturated rings. The van der Waals surface area contributed by atoms with Crippen LogP contribution in [-0.4, -0.2) is 11.5 Å². The first-order valence-corrected chi connectivity index (χ1v) is 6.90. The minimum atomic E-state index is -0.380. The summed E-state index contributed by atoms with van der Waals surface area (Å²) in [5, 5.41) is 10.2. The van der Waals surface area contributed by atoms with E-state index in [1.54, 1.807) is 25.1 Å². The second-order valence-electron chi connectivity index (χ2n) is 3.79. The third-order valence-electron chi connectivity index (χ3n) is 2.21. The van der Waals surface area contributed by atoms with Crippen molar-refractivity contribution in [1.29, 1.82) is 0 Å². The number of aryl methyl sites for hydroxylation is 1. The number of nitrogens with two attached hydrogens (primary N) is 1. The van der Waals surface area contributed by atoms with Gasteiger partial charge in [0.05, 0.1) is 4.92 Å². The third kappa shape index (κ3) is 11.3. The average Bonchev–Trinajstić information content (AvgIpc) is 2.50. The second kappa shape index (κ2) is 14.2. The van der Waals surface area contributed by atoms with Gasteiger partial charge in [0.15, 0.2) is 0 Å². The Morgan fingerprint density at radius 1 is 1.33 bits per heavy atom. The van der Waals surface area contributed by atoms with Crippen molar-refractivity contribution in [2.24, 2.45) is 5.73 Å². The summed E-state index contributed by atoms with van der Waals surface area (Å²) in [6.07, 6.45) is 7.73. The number of benzene rings is 1. The molecule has 4 nitrogen and oxygen atoms in total. The Morgan fingerprint density at radius 3 is 2.29 bits per heavy atom. The molecule has 0 bridgehead atoms. The van der Waals surface area contributed by atoms with E-state index in [1.807, 2.05) is 45.1 Å². The largest absolute Gasteiger partial charge is 0.327 e. The Kier molecular flexibility index (Phi) is 14.3. The van der Waals surface area contributed by atoms with Crippen molar-refractivity contribution in [3.8, 4) is 0 Å². The molecule has 0 aliphatic carbocycles. The van der Waals surface area contributed by atoms with E-state index in [0.717, 1.165) is 5.57 Å². The highest BCUT2D eigenvalue weighted by atomic mass is 16.6. The lowest BCUT2D eigenvalue weighted by Gasteiger charge is -1.92. The van der Waals surface area contributed by atoms with Crippen LogP contribution in [0, 0.1) is 17.0 Å². The highest BCUT2D eigenvalue weighted by Crippen LogP contribution is 2.14. The van der Waals surface area contributed by atoms with Crippen LogP contribution in [0.2, 0.25) is 0 Å². The minimum Gasteiger partial charge on any atom is -0.327 e. The number of allylic oxidation sites excluding steroid dienone is 3. The van der Waals surface area contributed by atoms with Gasteiger partial charge < -0.3 is 5.73 Å². The number of para-hydroxylation sites is 1. The minimum absolute atomic E-state index is 0.183. The first-order valence-electron chi connectivity index (χ1n) is 6.90. The van der Waals surface area contributed by atoms with Gasteiger partial charge in [-0.2, -0.15) is 0 Å². The van der Waals surface area contributed by atoms with Gasteiger partial charge in [0, 0.05) is 18.2 Å². The van der Waals surface area contributed by atoms with Gasteiger partial charge in [-0.25, -0.2) is 0 Å². The van der Waals surface area contributed by atoms with Gasteiger partial charge in [0.1, 0.15) is 0 Å². The van der Waals surface area contributed by atoms with Gasteiger partial charge in [0.2, 0.25) is 0 Å². The molecule has 21 heavy (non-hydrogen) atoms. The van der Waals surface area contributed by atoms with Crippen molar-refractivity contribution in [3.63, 3.8) is 0 Å². The molecule has 0 aliphatic heterocycles. The van der Waals surface area contributed by atoms with Gasteiger partial charge in [-0.3, -0.25) is 10.1 Å². The lowest BCUT2D eigenvalue weighted by molar-refractivity contribution is -0.385. The zero-order valence-electron chi connectivity index (χ0n) is 13.4. The average molecular weight is 290 g/mol. The second-order valence-corrected chi connectivity index (χ2v) is 3.79. The molecule has 0 aliphatic rings. The van der Waals surface area contributed by atoms with Crippen LogP contribution >= 0.6 is 0 Å². The lowest BCUT2D eigenvalue weighted by Crippen LogP contribution is -1.98. The van der Waals surface area contributed by atoms with E-state index in [9.17, 15) is 10.1 Å². The topological polar surface area (TPSA) is 69.2 Å². The van der Waals surface area contributed by atoms with Crippen molar-refractivity contribution in [2.75, 3.05) is 6.54 Å². The first-order chi connectivity index (χ1) is 10.0. The Bertz CT molecular complexity index is 477. The molecular weight excluding hydrogens is 264 g/mol. The van der Waals surface area contributed by atoms with Gasteiger partial charge in [-0.1, -0.05) is 62.9 Å². The van der Waals surface area contributed by atoms with Crippen molar-refractivity contribution < 1.29 is 4.92 Å². The van der Waals surface area contributed by atoms with E-state index < -0.39 is 0 Å². The number of hydrogen-bond acceptors (Lipinski definition) is 3. The fourth-order valence-electron chi connectivity index (χ4n) is 1.14. The van der Waals surface area contributed by atoms with Gasteiger partial charge in [-0.15, -0.1) is 0 Å². The Hall–Kier alpha value is -2.20. The molecule has 0 saturated carbocycles. The van der Waals surface area contributed by atoms with E-state index in [0.29, 0.717) is 12.1 Å². The van der Waals surface area contributed by atoms with Crippen LogP contribution in [0.3, 0.4) is 0 Å². The highest BCUT2D eigenvalue weighted by Gasteiger charge is 2.05. The standard InChI is InChI=1S/C8H13N.C7H7NO2.C2H6/c1-3-4-5-6-8(2)7-9;1-6-4-2-3-5-7(6)8(9)10;1-2/h3-6H,2,7,9H2,1H3;2-5H,1H3;1-2H3/b4-3-,6-5-;;. The van der Waals surface area contributed by atoms with Crippen LogP contribution < -0.4 is 5.73 Å². The molecule has 1 rings (SSSR count).